The SMILES string of the molecule is C[C@@H]1CC(C)(C)C[C@]2(C1)NC(=S)N(c1ccc(Cl)cc1)N2. The van der Waals surface area contributed by atoms with Gasteiger partial charge in [-0.15, -0.1) is 0 Å². The van der Waals surface area contributed by atoms with Crippen LogP contribution in [0.25, 0.3) is 0 Å². The zero-order chi connectivity index (χ0) is 15.3. The van der Waals surface area contributed by atoms with Crippen molar-refractivity contribution in [3.63, 3.8) is 0 Å². The topological polar surface area (TPSA) is 27.3 Å². The Balaban J connectivity index is 1.85. The molecule has 0 radical (unpaired) electrons. The van der Waals surface area contributed by atoms with Crippen LogP contribution >= 0.6 is 23.8 Å². The van der Waals surface area contributed by atoms with E-state index in [0.717, 1.165) is 28.7 Å². The highest BCUT2D eigenvalue weighted by molar-refractivity contribution is 7.80. The monoisotopic (exact) mass is 323 g/mol. The van der Waals surface area contributed by atoms with Crippen molar-refractivity contribution in [3.05, 3.63) is 29.3 Å². The molecule has 2 N–H and O–H groups in total. The quantitative estimate of drug-likeness (QED) is 0.761. The second kappa shape index (κ2) is 5.11. The molecule has 5 heteroatoms. The summed E-state index contributed by atoms with van der Waals surface area (Å²) in [6.07, 6.45) is 3.40. The van der Waals surface area contributed by atoms with Crippen LogP contribution in [-0.4, -0.2) is 10.8 Å². The van der Waals surface area contributed by atoms with Gasteiger partial charge in [0.25, 0.3) is 0 Å². The molecule has 1 spiro atoms. The number of rotatable bonds is 1. The average Bonchev–Trinajstić information content (AvgIpc) is 2.63. The lowest BCUT2D eigenvalue weighted by molar-refractivity contribution is 0.0828. The second-order valence-corrected chi connectivity index (χ2v) is 8.11. The van der Waals surface area contributed by atoms with E-state index in [4.69, 9.17) is 23.8 Å². The summed E-state index contributed by atoms with van der Waals surface area (Å²) >= 11 is 11.5. The number of thiocarbonyl (C=S) groups is 1. The van der Waals surface area contributed by atoms with Crippen LogP contribution in [0.5, 0.6) is 0 Å². The van der Waals surface area contributed by atoms with Gasteiger partial charge in [-0.25, -0.2) is 5.43 Å². The minimum atomic E-state index is -0.127. The molecule has 3 rings (SSSR count). The van der Waals surface area contributed by atoms with Crippen LogP contribution in [-0.2, 0) is 0 Å². The van der Waals surface area contributed by atoms with Gasteiger partial charge in [-0.3, -0.25) is 5.01 Å². The van der Waals surface area contributed by atoms with Gasteiger partial charge in [0.1, 0.15) is 5.66 Å². The molecule has 1 saturated heterocycles. The van der Waals surface area contributed by atoms with E-state index in [1.807, 2.05) is 29.3 Å². The standard InChI is InChI=1S/C16H22ClN3S/c1-11-8-15(2,3)10-16(9-11)18-14(21)20(19-16)13-6-4-12(17)5-7-13/h4-7,11,19H,8-10H2,1-3H3,(H,18,21)/t11-,16-/m1/s1. The molecule has 1 saturated carbocycles. The predicted octanol–water partition coefficient (Wildman–Crippen LogP) is 4.08. The third-order valence-electron chi connectivity index (χ3n) is 4.34. The van der Waals surface area contributed by atoms with Crippen molar-refractivity contribution in [1.29, 1.82) is 0 Å². The van der Waals surface area contributed by atoms with Gasteiger partial charge < -0.3 is 5.32 Å². The number of hydrazine groups is 1. The molecule has 1 aliphatic carbocycles. The Morgan fingerprint density at radius 2 is 1.90 bits per heavy atom. The Morgan fingerprint density at radius 3 is 2.52 bits per heavy atom. The van der Waals surface area contributed by atoms with Gasteiger partial charge in [0.05, 0.1) is 5.69 Å². The number of hydrogen-bond acceptors (Lipinski definition) is 2. The van der Waals surface area contributed by atoms with E-state index >= 15 is 0 Å². The Morgan fingerprint density at radius 1 is 1.24 bits per heavy atom. The largest absolute Gasteiger partial charge is 0.342 e. The van der Waals surface area contributed by atoms with Crippen molar-refractivity contribution in [3.8, 4) is 0 Å². The van der Waals surface area contributed by atoms with Gasteiger partial charge in [0.2, 0.25) is 0 Å². The first kappa shape index (κ1) is 15.1. The van der Waals surface area contributed by atoms with Crippen molar-refractivity contribution < 1.29 is 0 Å². The summed E-state index contributed by atoms with van der Waals surface area (Å²) < 4.78 is 0. The number of benzene rings is 1. The number of nitrogens with zero attached hydrogens (tertiary/aromatic N) is 1. The normalized spacial score (nSPS) is 31.5. The minimum Gasteiger partial charge on any atom is -0.342 e. The maximum absolute atomic E-state index is 5.97. The molecule has 0 bridgehead atoms. The third-order valence-corrected chi connectivity index (χ3v) is 4.87. The number of hydrogen-bond donors (Lipinski definition) is 2. The van der Waals surface area contributed by atoms with Gasteiger partial charge in [-0.05, 0) is 67.1 Å². The molecule has 2 fully saturated rings. The molecule has 1 aliphatic heterocycles. The Hall–Kier alpha value is -0.840. The molecular formula is C16H22ClN3S. The fourth-order valence-electron chi connectivity index (χ4n) is 4.08. The van der Waals surface area contributed by atoms with E-state index in [-0.39, 0.29) is 5.66 Å². The van der Waals surface area contributed by atoms with Gasteiger partial charge in [0, 0.05) is 5.02 Å². The Bertz CT molecular complexity index is 557. The molecule has 2 atom stereocenters. The van der Waals surface area contributed by atoms with Crippen LogP contribution in [0, 0.1) is 11.3 Å². The van der Waals surface area contributed by atoms with E-state index in [2.05, 4.69) is 31.5 Å². The van der Waals surface area contributed by atoms with Crippen molar-refractivity contribution in [2.75, 3.05) is 5.01 Å². The molecule has 0 aromatic heterocycles. The van der Waals surface area contributed by atoms with E-state index in [0.29, 0.717) is 11.3 Å². The molecule has 0 amide bonds. The fourth-order valence-corrected chi connectivity index (χ4v) is 4.55. The lowest BCUT2D eigenvalue weighted by Gasteiger charge is -2.45. The number of anilines is 1. The zero-order valence-corrected chi connectivity index (χ0v) is 14.3. The van der Waals surface area contributed by atoms with E-state index in [1.54, 1.807) is 0 Å². The highest BCUT2D eigenvalue weighted by Gasteiger charge is 2.48. The molecule has 0 unspecified atom stereocenters. The van der Waals surface area contributed by atoms with Crippen molar-refractivity contribution in [2.45, 2.75) is 45.7 Å². The highest BCUT2D eigenvalue weighted by Crippen LogP contribution is 2.44. The third kappa shape index (κ3) is 3.03. The molecule has 1 heterocycles. The summed E-state index contributed by atoms with van der Waals surface area (Å²) in [6, 6.07) is 7.75. The minimum absolute atomic E-state index is 0.127. The van der Waals surface area contributed by atoms with Gasteiger partial charge >= 0.3 is 0 Å². The van der Waals surface area contributed by atoms with Crippen LogP contribution < -0.4 is 15.8 Å². The maximum Gasteiger partial charge on any atom is 0.189 e. The average molecular weight is 324 g/mol. The van der Waals surface area contributed by atoms with Crippen LogP contribution in [0.3, 0.4) is 0 Å². The van der Waals surface area contributed by atoms with Crippen molar-refractivity contribution >= 4 is 34.6 Å². The summed E-state index contributed by atoms with van der Waals surface area (Å²) in [5.74, 6) is 0.668. The van der Waals surface area contributed by atoms with Crippen molar-refractivity contribution in [2.24, 2.45) is 11.3 Å². The van der Waals surface area contributed by atoms with Gasteiger partial charge in [-0.2, -0.15) is 0 Å². The maximum atomic E-state index is 5.97. The van der Waals surface area contributed by atoms with Gasteiger partial charge in [0.15, 0.2) is 5.11 Å². The summed E-state index contributed by atoms with van der Waals surface area (Å²) in [4.78, 5) is 0. The van der Waals surface area contributed by atoms with Crippen LogP contribution in [0.4, 0.5) is 5.69 Å². The fraction of sp³-hybridized carbons (Fsp3) is 0.562. The summed E-state index contributed by atoms with van der Waals surface area (Å²) in [5, 5.41) is 6.98. The summed E-state index contributed by atoms with van der Waals surface area (Å²) in [6.45, 7) is 6.99. The zero-order valence-electron chi connectivity index (χ0n) is 12.7. The smallest absolute Gasteiger partial charge is 0.189 e. The number of nitrogens with one attached hydrogen (secondary N) is 2. The summed E-state index contributed by atoms with van der Waals surface area (Å²) in [5.41, 5.74) is 4.82. The van der Waals surface area contributed by atoms with Gasteiger partial charge in [-0.1, -0.05) is 32.4 Å². The second-order valence-electron chi connectivity index (χ2n) is 7.29. The molecule has 3 nitrogen and oxygen atoms in total. The molecule has 114 valence electrons. The van der Waals surface area contributed by atoms with E-state index < -0.39 is 0 Å². The predicted molar refractivity (Wildman–Crippen MR) is 92.3 cm³/mol. The molecule has 21 heavy (non-hydrogen) atoms. The lowest BCUT2D eigenvalue weighted by Crippen LogP contribution is -2.57. The van der Waals surface area contributed by atoms with Crippen LogP contribution in [0.1, 0.15) is 40.0 Å². The van der Waals surface area contributed by atoms with E-state index in [9.17, 15) is 0 Å². The summed E-state index contributed by atoms with van der Waals surface area (Å²) in [7, 11) is 0. The molecule has 1 aromatic rings. The first-order chi connectivity index (χ1) is 9.79. The first-order valence-electron chi connectivity index (χ1n) is 7.44. The molecule has 2 aliphatic rings. The van der Waals surface area contributed by atoms with E-state index in [1.165, 1.54) is 6.42 Å². The van der Waals surface area contributed by atoms with Crippen molar-refractivity contribution in [1.82, 2.24) is 10.7 Å². The first-order valence-corrected chi connectivity index (χ1v) is 8.23. The highest BCUT2D eigenvalue weighted by atomic mass is 35.5. The Labute approximate surface area is 137 Å². The molecular weight excluding hydrogens is 302 g/mol. The van der Waals surface area contributed by atoms with Crippen LogP contribution in [0.2, 0.25) is 5.02 Å². The number of halogens is 1. The molecule has 1 aromatic carbocycles. The lowest BCUT2D eigenvalue weighted by atomic mass is 9.68. The Kier molecular flexibility index (Phi) is 3.67. The van der Waals surface area contributed by atoms with Crippen LogP contribution in [0.15, 0.2) is 24.3 Å².